The van der Waals surface area contributed by atoms with Crippen LogP contribution in [0, 0.1) is 0 Å². The average molecular weight is 210 g/mol. The summed E-state index contributed by atoms with van der Waals surface area (Å²) < 4.78 is 4.91. The molecule has 0 aliphatic carbocycles. The topological polar surface area (TPSA) is 43.4 Å². The lowest BCUT2D eigenvalue weighted by atomic mass is 10.2. The van der Waals surface area contributed by atoms with Gasteiger partial charge in [-0.3, -0.25) is 4.79 Å². The highest BCUT2D eigenvalue weighted by molar-refractivity contribution is 5.94. The molecule has 0 aromatic rings. The fourth-order valence-electron chi connectivity index (χ4n) is 0.953. The van der Waals surface area contributed by atoms with E-state index in [1.54, 1.807) is 19.9 Å². The molecule has 0 N–H and O–H groups in total. The van der Waals surface area contributed by atoms with Crippen molar-refractivity contribution in [2.24, 2.45) is 0 Å². The van der Waals surface area contributed by atoms with Gasteiger partial charge in [-0.15, -0.1) is 0 Å². The number of Topliss-reactive ketones (excluding diaryl/α,β-unsaturated/α-hetero) is 1. The molecule has 0 aliphatic heterocycles. The molecule has 84 valence electrons. The molecule has 0 fully saturated rings. The van der Waals surface area contributed by atoms with Gasteiger partial charge < -0.3 is 4.74 Å². The van der Waals surface area contributed by atoms with Gasteiger partial charge in [0.2, 0.25) is 0 Å². The Morgan fingerprint density at radius 3 is 2.40 bits per heavy atom. The number of carbonyl (C=O) groups excluding carboxylic acids is 2. The molecule has 0 aromatic heterocycles. The van der Waals surface area contributed by atoms with Crippen LogP contribution in [0.4, 0.5) is 0 Å². The van der Waals surface area contributed by atoms with Crippen LogP contribution >= 0.6 is 0 Å². The second kappa shape index (κ2) is 6.98. The van der Waals surface area contributed by atoms with Crippen LogP contribution in [-0.2, 0) is 14.3 Å². The van der Waals surface area contributed by atoms with Crippen molar-refractivity contribution in [2.45, 2.75) is 33.6 Å². The van der Waals surface area contributed by atoms with E-state index in [0.717, 1.165) is 6.42 Å². The highest BCUT2D eigenvalue weighted by Gasteiger charge is 2.07. The summed E-state index contributed by atoms with van der Waals surface area (Å²) in [6.45, 7) is 8.93. The van der Waals surface area contributed by atoms with E-state index in [1.807, 2.05) is 6.92 Å². The van der Waals surface area contributed by atoms with Crippen molar-refractivity contribution < 1.29 is 14.3 Å². The number of esters is 1. The number of allylic oxidation sites excluding steroid dienone is 2. The van der Waals surface area contributed by atoms with Gasteiger partial charge in [0.05, 0.1) is 6.61 Å². The molecule has 0 heterocycles. The molecule has 0 unspecified atom stereocenters. The first-order valence-corrected chi connectivity index (χ1v) is 5.01. The fraction of sp³-hybridized carbons (Fsp3) is 0.500. The van der Waals surface area contributed by atoms with Gasteiger partial charge in [0, 0.05) is 12.0 Å². The Morgan fingerprint density at radius 2 is 1.93 bits per heavy atom. The molecule has 3 nitrogen and oxygen atoms in total. The molecule has 0 bridgehead atoms. The first kappa shape index (κ1) is 13.6. The van der Waals surface area contributed by atoms with Gasteiger partial charge in [0.15, 0.2) is 5.78 Å². The van der Waals surface area contributed by atoms with Crippen molar-refractivity contribution >= 4 is 11.8 Å². The van der Waals surface area contributed by atoms with Gasteiger partial charge in [-0.25, -0.2) is 4.79 Å². The Labute approximate surface area is 90.8 Å². The smallest absolute Gasteiger partial charge is 0.333 e. The quantitative estimate of drug-likeness (QED) is 0.499. The lowest BCUT2D eigenvalue weighted by Gasteiger charge is -2.04. The van der Waals surface area contributed by atoms with E-state index >= 15 is 0 Å². The van der Waals surface area contributed by atoms with Gasteiger partial charge in [0.25, 0.3) is 0 Å². The maximum Gasteiger partial charge on any atom is 0.333 e. The summed E-state index contributed by atoms with van der Waals surface area (Å²) >= 11 is 0. The molecule has 15 heavy (non-hydrogen) atoms. The van der Waals surface area contributed by atoms with E-state index in [1.165, 1.54) is 0 Å². The lowest BCUT2D eigenvalue weighted by Crippen LogP contribution is -2.10. The first-order chi connectivity index (χ1) is 6.99. The molecule has 0 atom stereocenters. The molecular formula is C12H18O3. The van der Waals surface area contributed by atoms with Gasteiger partial charge in [-0.2, -0.15) is 0 Å². The number of rotatable bonds is 6. The number of carbonyl (C=O) groups is 2. The second-order valence-corrected chi connectivity index (χ2v) is 3.38. The predicted octanol–water partition coefficient (Wildman–Crippen LogP) is 2.42. The van der Waals surface area contributed by atoms with E-state index < -0.39 is 0 Å². The van der Waals surface area contributed by atoms with Crippen LogP contribution in [0.5, 0.6) is 0 Å². The molecule has 0 aromatic carbocycles. The molecule has 0 saturated carbocycles. The standard InChI is InChI=1S/C12H18O3/c1-5-6-10(4)12(14)15-8-7-11(13)9(2)3/h6H,2,5,7-8H2,1,3-4H3. The summed E-state index contributed by atoms with van der Waals surface area (Å²) in [7, 11) is 0. The van der Waals surface area contributed by atoms with Crippen molar-refractivity contribution in [1.82, 2.24) is 0 Å². The van der Waals surface area contributed by atoms with E-state index in [9.17, 15) is 9.59 Å². The zero-order valence-corrected chi connectivity index (χ0v) is 9.63. The Morgan fingerprint density at radius 1 is 1.33 bits per heavy atom. The number of ketones is 1. The predicted molar refractivity (Wildman–Crippen MR) is 59.4 cm³/mol. The molecule has 0 saturated heterocycles. The third-order valence-electron chi connectivity index (χ3n) is 1.87. The van der Waals surface area contributed by atoms with E-state index in [2.05, 4.69) is 6.58 Å². The summed E-state index contributed by atoms with van der Waals surface area (Å²) in [6.07, 6.45) is 2.80. The van der Waals surface area contributed by atoms with Crippen LogP contribution in [0.2, 0.25) is 0 Å². The summed E-state index contributed by atoms with van der Waals surface area (Å²) in [6, 6.07) is 0. The number of hydrogen-bond donors (Lipinski definition) is 0. The Hall–Kier alpha value is -1.38. The van der Waals surface area contributed by atoms with Crippen LogP contribution in [0.1, 0.15) is 33.6 Å². The molecule has 0 aliphatic rings. The van der Waals surface area contributed by atoms with E-state index in [-0.39, 0.29) is 24.8 Å². The van der Waals surface area contributed by atoms with Crippen molar-refractivity contribution in [2.75, 3.05) is 6.61 Å². The van der Waals surface area contributed by atoms with Crippen molar-refractivity contribution in [3.05, 3.63) is 23.8 Å². The SMILES string of the molecule is C=C(C)C(=O)CCOC(=O)C(C)=CCC. The molecule has 0 radical (unpaired) electrons. The van der Waals surface area contributed by atoms with Crippen molar-refractivity contribution in [1.29, 1.82) is 0 Å². The highest BCUT2D eigenvalue weighted by atomic mass is 16.5. The Bertz CT molecular complexity index is 287. The van der Waals surface area contributed by atoms with Gasteiger partial charge in [-0.05, 0) is 25.8 Å². The molecule has 0 amide bonds. The van der Waals surface area contributed by atoms with Gasteiger partial charge >= 0.3 is 5.97 Å². The van der Waals surface area contributed by atoms with Crippen LogP contribution in [-0.4, -0.2) is 18.4 Å². The lowest BCUT2D eigenvalue weighted by molar-refractivity contribution is -0.139. The Balaban J connectivity index is 3.88. The summed E-state index contributed by atoms with van der Waals surface area (Å²) in [4.78, 5) is 22.4. The summed E-state index contributed by atoms with van der Waals surface area (Å²) in [5.41, 5.74) is 1.08. The molecule has 0 rings (SSSR count). The third-order valence-corrected chi connectivity index (χ3v) is 1.87. The van der Waals surface area contributed by atoms with Crippen LogP contribution in [0.3, 0.4) is 0 Å². The third kappa shape index (κ3) is 5.83. The average Bonchev–Trinajstić information content (AvgIpc) is 2.17. The monoisotopic (exact) mass is 210 g/mol. The maximum atomic E-state index is 11.3. The maximum absolute atomic E-state index is 11.3. The van der Waals surface area contributed by atoms with Crippen LogP contribution in [0.15, 0.2) is 23.8 Å². The minimum absolute atomic E-state index is 0.0695. The normalized spacial score (nSPS) is 11.0. The van der Waals surface area contributed by atoms with Gasteiger partial charge in [-0.1, -0.05) is 19.6 Å². The minimum Gasteiger partial charge on any atom is -0.462 e. The Kier molecular flexibility index (Phi) is 6.34. The van der Waals surface area contributed by atoms with Crippen LogP contribution < -0.4 is 0 Å². The van der Waals surface area contributed by atoms with E-state index in [0.29, 0.717) is 11.1 Å². The molecule has 0 spiro atoms. The second-order valence-electron chi connectivity index (χ2n) is 3.38. The van der Waals surface area contributed by atoms with Gasteiger partial charge in [0.1, 0.15) is 0 Å². The zero-order chi connectivity index (χ0) is 11.8. The summed E-state index contributed by atoms with van der Waals surface area (Å²) in [5.74, 6) is -0.425. The number of hydrogen-bond acceptors (Lipinski definition) is 3. The molecular weight excluding hydrogens is 192 g/mol. The molecule has 3 heteroatoms. The van der Waals surface area contributed by atoms with Crippen LogP contribution in [0.25, 0.3) is 0 Å². The zero-order valence-electron chi connectivity index (χ0n) is 9.63. The summed E-state index contributed by atoms with van der Waals surface area (Å²) in [5, 5.41) is 0. The van der Waals surface area contributed by atoms with E-state index in [4.69, 9.17) is 4.74 Å². The first-order valence-electron chi connectivity index (χ1n) is 5.01. The largest absolute Gasteiger partial charge is 0.462 e. The van der Waals surface area contributed by atoms with Crippen molar-refractivity contribution in [3.63, 3.8) is 0 Å². The number of ether oxygens (including phenoxy) is 1. The minimum atomic E-state index is -0.355. The highest BCUT2D eigenvalue weighted by Crippen LogP contribution is 2.01. The van der Waals surface area contributed by atoms with Crippen molar-refractivity contribution in [3.8, 4) is 0 Å². The fourth-order valence-corrected chi connectivity index (χ4v) is 0.953.